The van der Waals surface area contributed by atoms with Crippen molar-refractivity contribution in [1.29, 1.82) is 0 Å². The summed E-state index contributed by atoms with van der Waals surface area (Å²) in [5, 5.41) is 32.2. The minimum absolute atomic E-state index is 0.0348. The second kappa shape index (κ2) is 6.15. The van der Waals surface area contributed by atoms with Crippen LogP contribution < -0.4 is 5.43 Å². The molecule has 0 spiro atoms. The average molecular weight is 307 g/mol. The zero-order chi connectivity index (χ0) is 15.4. The number of hydrogen-bond donors (Lipinski definition) is 4. The maximum absolute atomic E-state index is 11.8. The van der Waals surface area contributed by atoms with Crippen molar-refractivity contribution < 1.29 is 20.1 Å². The van der Waals surface area contributed by atoms with Gasteiger partial charge in [-0.15, -0.1) is 0 Å². The number of phenols is 3. The highest BCUT2D eigenvalue weighted by Crippen LogP contribution is 2.21. The molecule has 7 heteroatoms. The monoisotopic (exact) mass is 306 g/mol. The largest absolute Gasteiger partial charge is 0.508 e. The highest BCUT2D eigenvalue weighted by atomic mass is 35.5. The van der Waals surface area contributed by atoms with Gasteiger partial charge in [-0.05, 0) is 30.3 Å². The first-order chi connectivity index (χ1) is 9.95. The third-order valence-corrected chi connectivity index (χ3v) is 2.76. The summed E-state index contributed by atoms with van der Waals surface area (Å²) in [6.45, 7) is 0. The summed E-state index contributed by atoms with van der Waals surface area (Å²) in [7, 11) is 0. The summed E-state index contributed by atoms with van der Waals surface area (Å²) in [6, 6.07) is 7.86. The molecule has 0 saturated heterocycles. The van der Waals surface area contributed by atoms with E-state index in [9.17, 15) is 20.1 Å². The van der Waals surface area contributed by atoms with Gasteiger partial charge in [0.2, 0.25) is 0 Å². The van der Waals surface area contributed by atoms with E-state index in [1.807, 2.05) is 0 Å². The van der Waals surface area contributed by atoms with E-state index >= 15 is 0 Å². The molecule has 2 aromatic carbocycles. The van der Waals surface area contributed by atoms with E-state index in [2.05, 4.69) is 10.5 Å². The predicted molar refractivity (Wildman–Crippen MR) is 77.9 cm³/mol. The number of hydrogen-bond acceptors (Lipinski definition) is 5. The lowest BCUT2D eigenvalue weighted by atomic mass is 10.2. The van der Waals surface area contributed by atoms with E-state index in [4.69, 9.17) is 11.6 Å². The second-order valence-corrected chi connectivity index (χ2v) is 4.58. The van der Waals surface area contributed by atoms with Crippen molar-refractivity contribution in [1.82, 2.24) is 5.43 Å². The number of nitrogens with one attached hydrogen (secondary N) is 1. The molecule has 1 amide bonds. The lowest BCUT2D eigenvalue weighted by molar-refractivity contribution is 0.0954. The molecule has 0 fully saturated rings. The Labute approximate surface area is 124 Å². The molecule has 0 saturated carbocycles. The van der Waals surface area contributed by atoms with Gasteiger partial charge in [0.1, 0.15) is 17.2 Å². The van der Waals surface area contributed by atoms with Crippen LogP contribution in [-0.4, -0.2) is 27.4 Å². The first kappa shape index (κ1) is 14.7. The van der Waals surface area contributed by atoms with Gasteiger partial charge in [0.15, 0.2) is 0 Å². The van der Waals surface area contributed by atoms with Crippen molar-refractivity contribution >= 4 is 23.7 Å². The minimum atomic E-state index is -0.626. The van der Waals surface area contributed by atoms with Gasteiger partial charge in [-0.1, -0.05) is 11.6 Å². The molecule has 0 heterocycles. The number of halogens is 1. The topological polar surface area (TPSA) is 102 Å². The summed E-state index contributed by atoms with van der Waals surface area (Å²) in [5.41, 5.74) is 2.58. The molecular formula is C14H11ClN2O4. The summed E-state index contributed by atoms with van der Waals surface area (Å²) >= 11 is 5.77. The molecule has 2 rings (SSSR count). The van der Waals surface area contributed by atoms with Gasteiger partial charge in [0, 0.05) is 22.2 Å². The van der Waals surface area contributed by atoms with Crippen molar-refractivity contribution in [2.24, 2.45) is 5.10 Å². The molecular weight excluding hydrogens is 296 g/mol. The standard InChI is InChI=1S/C14H11ClN2O4/c15-10-1-2-13(20)9(3-10)7-16-17-14(21)8-4-11(18)6-12(19)5-8/h1-7,18-20H,(H,17,21)/b16-7+. The van der Waals surface area contributed by atoms with Gasteiger partial charge >= 0.3 is 0 Å². The number of rotatable bonds is 3. The van der Waals surface area contributed by atoms with E-state index in [-0.39, 0.29) is 22.8 Å². The lowest BCUT2D eigenvalue weighted by Crippen LogP contribution is -2.17. The Morgan fingerprint density at radius 2 is 1.76 bits per heavy atom. The zero-order valence-corrected chi connectivity index (χ0v) is 11.4. The Morgan fingerprint density at radius 3 is 2.43 bits per heavy atom. The van der Waals surface area contributed by atoms with Gasteiger partial charge in [-0.25, -0.2) is 5.43 Å². The SMILES string of the molecule is O=C(N/N=C/c1cc(Cl)ccc1O)c1cc(O)cc(O)c1. The minimum Gasteiger partial charge on any atom is -0.508 e. The Morgan fingerprint density at radius 1 is 1.10 bits per heavy atom. The van der Waals surface area contributed by atoms with Crippen LogP contribution in [0.15, 0.2) is 41.5 Å². The first-order valence-electron chi connectivity index (χ1n) is 5.80. The van der Waals surface area contributed by atoms with E-state index in [1.165, 1.54) is 36.5 Å². The average Bonchev–Trinajstić information content (AvgIpc) is 2.41. The summed E-state index contributed by atoms with van der Waals surface area (Å²) in [4.78, 5) is 11.8. The highest BCUT2D eigenvalue weighted by molar-refractivity contribution is 6.30. The number of hydrazone groups is 1. The van der Waals surface area contributed by atoms with Crippen molar-refractivity contribution in [3.05, 3.63) is 52.5 Å². The molecule has 0 atom stereocenters. The number of amides is 1. The van der Waals surface area contributed by atoms with Crippen molar-refractivity contribution in [2.75, 3.05) is 0 Å². The van der Waals surface area contributed by atoms with Crippen LogP contribution >= 0.6 is 11.6 Å². The van der Waals surface area contributed by atoms with E-state index in [1.54, 1.807) is 0 Å². The van der Waals surface area contributed by atoms with Crippen LogP contribution in [0.1, 0.15) is 15.9 Å². The van der Waals surface area contributed by atoms with Crippen LogP contribution in [0.4, 0.5) is 0 Å². The predicted octanol–water partition coefficient (Wildman–Crippen LogP) is 2.22. The summed E-state index contributed by atoms with van der Waals surface area (Å²) in [5.74, 6) is -1.14. The molecule has 0 aromatic heterocycles. The number of aromatic hydroxyl groups is 3. The first-order valence-corrected chi connectivity index (χ1v) is 6.18. The molecule has 0 unspecified atom stereocenters. The molecule has 0 bridgehead atoms. The molecule has 6 nitrogen and oxygen atoms in total. The zero-order valence-electron chi connectivity index (χ0n) is 10.6. The Hall–Kier alpha value is -2.73. The fourth-order valence-corrected chi connectivity index (χ4v) is 1.76. The third kappa shape index (κ3) is 3.87. The van der Waals surface area contributed by atoms with Crippen molar-refractivity contribution in [2.45, 2.75) is 0 Å². The quantitative estimate of drug-likeness (QED) is 0.516. The van der Waals surface area contributed by atoms with Crippen LogP contribution in [0.5, 0.6) is 17.2 Å². The molecule has 2 aromatic rings. The third-order valence-electron chi connectivity index (χ3n) is 2.52. The molecule has 0 radical (unpaired) electrons. The van der Waals surface area contributed by atoms with Gasteiger partial charge in [0.05, 0.1) is 6.21 Å². The van der Waals surface area contributed by atoms with Crippen LogP contribution in [0, 0.1) is 0 Å². The maximum atomic E-state index is 11.8. The normalized spacial score (nSPS) is 10.7. The lowest BCUT2D eigenvalue weighted by Gasteiger charge is -2.02. The molecule has 0 aliphatic carbocycles. The van der Waals surface area contributed by atoms with Crippen molar-refractivity contribution in [3.63, 3.8) is 0 Å². The van der Waals surface area contributed by atoms with Gasteiger partial charge in [-0.3, -0.25) is 4.79 Å². The van der Waals surface area contributed by atoms with Gasteiger partial charge < -0.3 is 15.3 Å². The molecule has 108 valence electrons. The molecule has 0 aliphatic rings. The summed E-state index contributed by atoms with van der Waals surface area (Å²) < 4.78 is 0. The number of nitrogens with zero attached hydrogens (tertiary/aromatic N) is 1. The maximum Gasteiger partial charge on any atom is 0.271 e. The smallest absolute Gasteiger partial charge is 0.271 e. The number of phenolic OH excluding ortho intramolecular Hbond substituents is 3. The van der Waals surface area contributed by atoms with E-state index in [0.717, 1.165) is 6.07 Å². The van der Waals surface area contributed by atoms with E-state index in [0.29, 0.717) is 10.6 Å². The van der Waals surface area contributed by atoms with Gasteiger partial charge in [0.25, 0.3) is 5.91 Å². The second-order valence-electron chi connectivity index (χ2n) is 4.14. The van der Waals surface area contributed by atoms with Crippen LogP contribution in [-0.2, 0) is 0 Å². The number of carbonyl (C=O) groups is 1. The number of benzene rings is 2. The van der Waals surface area contributed by atoms with Crippen LogP contribution in [0.3, 0.4) is 0 Å². The van der Waals surface area contributed by atoms with Crippen LogP contribution in [0.2, 0.25) is 5.02 Å². The Kier molecular flexibility index (Phi) is 4.30. The van der Waals surface area contributed by atoms with Gasteiger partial charge in [-0.2, -0.15) is 5.10 Å². The fraction of sp³-hybridized carbons (Fsp3) is 0. The molecule has 4 N–H and O–H groups in total. The fourth-order valence-electron chi connectivity index (χ4n) is 1.58. The summed E-state index contributed by atoms with van der Waals surface area (Å²) in [6.07, 6.45) is 1.22. The highest BCUT2D eigenvalue weighted by Gasteiger charge is 2.07. The Bertz CT molecular complexity index is 696. The van der Waals surface area contributed by atoms with E-state index < -0.39 is 5.91 Å². The molecule has 21 heavy (non-hydrogen) atoms. The Balaban J connectivity index is 2.10. The van der Waals surface area contributed by atoms with Crippen molar-refractivity contribution in [3.8, 4) is 17.2 Å². The molecule has 0 aliphatic heterocycles. The number of carbonyl (C=O) groups excluding carboxylic acids is 1. The van der Waals surface area contributed by atoms with Crippen LogP contribution in [0.25, 0.3) is 0 Å².